The number of carbonyl (C=O) groups excluding carboxylic acids is 1. The Bertz CT molecular complexity index is 823. The molecule has 152 valence electrons. The molecule has 28 heavy (non-hydrogen) atoms. The Labute approximate surface area is 161 Å². The first-order chi connectivity index (χ1) is 13.3. The van der Waals surface area contributed by atoms with Crippen molar-refractivity contribution in [1.82, 2.24) is 10.2 Å². The first-order valence-corrected chi connectivity index (χ1v) is 9.57. The minimum atomic E-state index is -4.49. The highest BCUT2D eigenvalue weighted by Gasteiger charge is 2.33. The number of rotatable bonds is 6. The van der Waals surface area contributed by atoms with Crippen molar-refractivity contribution in [2.75, 3.05) is 11.9 Å². The Morgan fingerprint density at radius 3 is 2.54 bits per heavy atom. The lowest BCUT2D eigenvalue weighted by Gasteiger charge is -2.30. The zero-order chi connectivity index (χ0) is 20.3. The molecule has 0 saturated heterocycles. The smallest absolute Gasteiger partial charge is 0.368 e. The first kappa shape index (κ1) is 20.2. The van der Waals surface area contributed by atoms with E-state index in [-0.39, 0.29) is 11.5 Å². The number of alkyl halides is 3. The second-order valence-corrected chi connectivity index (χ2v) is 7.39. The zero-order valence-electron chi connectivity index (χ0n) is 15.8. The SMILES string of the molecule is CCc1cc(NCC2CCC(c3ccc(C(F)(F)F)cc3C(N)=O)CC2)n[nH]1. The van der Waals surface area contributed by atoms with E-state index >= 15 is 0 Å². The largest absolute Gasteiger partial charge is 0.416 e. The maximum absolute atomic E-state index is 12.9. The van der Waals surface area contributed by atoms with Crippen molar-refractivity contribution in [3.63, 3.8) is 0 Å². The number of nitrogens with zero attached hydrogens (tertiary/aromatic N) is 1. The number of hydrogen-bond donors (Lipinski definition) is 3. The molecule has 1 aromatic carbocycles. The number of nitrogens with two attached hydrogens (primary N) is 1. The highest BCUT2D eigenvalue weighted by atomic mass is 19.4. The average Bonchev–Trinajstić information content (AvgIpc) is 3.14. The molecule has 0 unspecified atom stereocenters. The van der Waals surface area contributed by atoms with Crippen LogP contribution >= 0.6 is 0 Å². The van der Waals surface area contributed by atoms with E-state index in [0.29, 0.717) is 11.5 Å². The highest BCUT2D eigenvalue weighted by molar-refractivity contribution is 5.94. The molecule has 1 aliphatic rings. The van der Waals surface area contributed by atoms with Gasteiger partial charge in [0.1, 0.15) is 5.82 Å². The number of carbonyl (C=O) groups is 1. The van der Waals surface area contributed by atoms with Crippen LogP contribution < -0.4 is 11.1 Å². The predicted molar refractivity (Wildman–Crippen MR) is 101 cm³/mol. The van der Waals surface area contributed by atoms with Gasteiger partial charge in [-0.15, -0.1) is 0 Å². The Kier molecular flexibility index (Phi) is 5.96. The van der Waals surface area contributed by atoms with Gasteiger partial charge in [0.15, 0.2) is 0 Å². The van der Waals surface area contributed by atoms with Crippen LogP contribution in [-0.2, 0) is 12.6 Å². The maximum atomic E-state index is 12.9. The predicted octanol–water partition coefficient (Wildman–Crippen LogP) is 4.48. The van der Waals surface area contributed by atoms with E-state index in [4.69, 9.17) is 5.73 Å². The van der Waals surface area contributed by atoms with Crippen LogP contribution in [-0.4, -0.2) is 22.6 Å². The van der Waals surface area contributed by atoms with Crippen LogP contribution in [0.4, 0.5) is 19.0 Å². The van der Waals surface area contributed by atoms with Crippen LogP contribution in [0.5, 0.6) is 0 Å². The molecule has 1 aliphatic carbocycles. The van der Waals surface area contributed by atoms with E-state index in [1.54, 1.807) is 0 Å². The van der Waals surface area contributed by atoms with Gasteiger partial charge in [-0.2, -0.15) is 18.3 Å². The first-order valence-electron chi connectivity index (χ1n) is 9.57. The molecule has 0 bridgehead atoms. The van der Waals surface area contributed by atoms with E-state index < -0.39 is 17.6 Å². The fourth-order valence-electron chi connectivity index (χ4n) is 3.86. The van der Waals surface area contributed by atoms with Crippen molar-refractivity contribution in [3.8, 4) is 0 Å². The van der Waals surface area contributed by atoms with E-state index in [1.807, 2.05) is 6.07 Å². The lowest BCUT2D eigenvalue weighted by atomic mass is 9.77. The number of anilines is 1. The third kappa shape index (κ3) is 4.66. The number of hydrogen-bond acceptors (Lipinski definition) is 3. The molecule has 1 saturated carbocycles. The third-order valence-electron chi connectivity index (χ3n) is 5.52. The summed E-state index contributed by atoms with van der Waals surface area (Å²) in [4.78, 5) is 11.7. The molecule has 0 spiro atoms. The standard InChI is InChI=1S/C20H25F3N4O/c1-2-15-10-18(27-26-15)25-11-12-3-5-13(6-4-12)16-8-7-14(20(21,22)23)9-17(16)19(24)28/h7-10,12-13H,2-6,11H2,1H3,(H2,24,28)(H2,25,26,27). The summed E-state index contributed by atoms with van der Waals surface area (Å²) in [5.74, 6) is 0.537. The molecule has 3 rings (SSSR count). The van der Waals surface area contributed by atoms with Crippen LogP contribution in [0.3, 0.4) is 0 Å². The average molecular weight is 394 g/mol. The fourth-order valence-corrected chi connectivity index (χ4v) is 3.86. The lowest BCUT2D eigenvalue weighted by molar-refractivity contribution is -0.137. The van der Waals surface area contributed by atoms with E-state index in [0.717, 1.165) is 62.3 Å². The number of nitrogens with one attached hydrogen (secondary N) is 2. The Morgan fingerprint density at radius 1 is 1.25 bits per heavy atom. The number of amides is 1. The molecule has 5 nitrogen and oxygen atoms in total. The van der Waals surface area contributed by atoms with Crippen LogP contribution in [0.25, 0.3) is 0 Å². The summed E-state index contributed by atoms with van der Waals surface area (Å²) < 4.78 is 38.8. The summed E-state index contributed by atoms with van der Waals surface area (Å²) in [6.07, 6.45) is -0.0908. The second-order valence-electron chi connectivity index (χ2n) is 7.39. The summed E-state index contributed by atoms with van der Waals surface area (Å²) in [6.45, 7) is 2.86. The Balaban J connectivity index is 1.61. The van der Waals surface area contributed by atoms with E-state index in [9.17, 15) is 18.0 Å². The second kappa shape index (κ2) is 8.24. The quantitative estimate of drug-likeness (QED) is 0.676. The molecule has 0 aliphatic heterocycles. The van der Waals surface area contributed by atoms with Crippen LogP contribution in [0.1, 0.15) is 65.7 Å². The van der Waals surface area contributed by atoms with Gasteiger partial charge in [0.25, 0.3) is 0 Å². The van der Waals surface area contributed by atoms with Gasteiger partial charge >= 0.3 is 6.18 Å². The molecular weight excluding hydrogens is 369 g/mol. The maximum Gasteiger partial charge on any atom is 0.416 e. The molecule has 0 radical (unpaired) electrons. The monoisotopic (exact) mass is 394 g/mol. The van der Waals surface area contributed by atoms with Gasteiger partial charge in [-0.3, -0.25) is 9.89 Å². The van der Waals surface area contributed by atoms with Crippen molar-refractivity contribution < 1.29 is 18.0 Å². The van der Waals surface area contributed by atoms with Gasteiger partial charge in [-0.1, -0.05) is 13.0 Å². The molecule has 8 heteroatoms. The number of aryl methyl sites for hydroxylation is 1. The van der Waals surface area contributed by atoms with E-state index in [2.05, 4.69) is 22.4 Å². The third-order valence-corrected chi connectivity index (χ3v) is 5.52. The minimum absolute atomic E-state index is 0.0139. The molecule has 2 aromatic rings. The Hall–Kier alpha value is -2.51. The summed E-state index contributed by atoms with van der Waals surface area (Å²) in [7, 11) is 0. The zero-order valence-corrected chi connectivity index (χ0v) is 15.8. The number of halogens is 3. The molecule has 4 N–H and O–H groups in total. The summed E-state index contributed by atoms with van der Waals surface area (Å²) in [5, 5.41) is 10.5. The van der Waals surface area contributed by atoms with Crippen molar-refractivity contribution in [2.24, 2.45) is 11.7 Å². The normalized spacial score (nSPS) is 20.1. The molecule has 0 atom stereocenters. The van der Waals surface area contributed by atoms with Crippen molar-refractivity contribution in [3.05, 3.63) is 46.6 Å². The van der Waals surface area contributed by atoms with Gasteiger partial charge < -0.3 is 11.1 Å². The lowest BCUT2D eigenvalue weighted by Crippen LogP contribution is -2.23. The summed E-state index contributed by atoms with van der Waals surface area (Å²) >= 11 is 0. The number of H-pyrrole nitrogens is 1. The minimum Gasteiger partial charge on any atom is -0.368 e. The van der Waals surface area contributed by atoms with Gasteiger partial charge in [-0.25, -0.2) is 0 Å². The molecule has 1 fully saturated rings. The van der Waals surface area contributed by atoms with Crippen molar-refractivity contribution >= 4 is 11.7 Å². The van der Waals surface area contributed by atoms with Gasteiger partial charge in [-0.05, 0) is 61.6 Å². The van der Waals surface area contributed by atoms with Gasteiger partial charge in [0.2, 0.25) is 5.91 Å². The van der Waals surface area contributed by atoms with Crippen molar-refractivity contribution in [1.29, 1.82) is 0 Å². The van der Waals surface area contributed by atoms with Crippen LogP contribution in [0, 0.1) is 5.92 Å². The van der Waals surface area contributed by atoms with E-state index in [1.165, 1.54) is 6.07 Å². The molecular formula is C20H25F3N4O. The van der Waals surface area contributed by atoms with Gasteiger partial charge in [0, 0.05) is 23.9 Å². The molecule has 1 amide bonds. The number of aromatic amines is 1. The van der Waals surface area contributed by atoms with Crippen molar-refractivity contribution in [2.45, 2.75) is 51.1 Å². The van der Waals surface area contributed by atoms with Crippen LogP contribution in [0.15, 0.2) is 24.3 Å². The topological polar surface area (TPSA) is 83.8 Å². The molecule has 1 aromatic heterocycles. The number of primary amides is 1. The highest BCUT2D eigenvalue weighted by Crippen LogP contribution is 2.39. The van der Waals surface area contributed by atoms with Gasteiger partial charge in [0.05, 0.1) is 5.56 Å². The Morgan fingerprint density at radius 2 is 1.96 bits per heavy atom. The number of benzene rings is 1. The van der Waals surface area contributed by atoms with Crippen LogP contribution in [0.2, 0.25) is 0 Å². The fraction of sp³-hybridized carbons (Fsp3) is 0.500. The summed E-state index contributed by atoms with van der Waals surface area (Å²) in [6, 6.07) is 5.33. The summed E-state index contributed by atoms with van der Waals surface area (Å²) in [5.41, 5.74) is 6.21. The molecule has 1 heterocycles. The number of aromatic nitrogens is 2.